The zero-order valence-corrected chi connectivity index (χ0v) is 10.2. The number of primary amides is 1. The van der Waals surface area contributed by atoms with Crippen LogP contribution in [0.4, 0.5) is 11.4 Å². The minimum atomic E-state index is -0.342. The molecule has 0 aliphatic carbocycles. The summed E-state index contributed by atoms with van der Waals surface area (Å²) in [6, 6.07) is 5.50. The lowest BCUT2D eigenvalue weighted by atomic mass is 10.2. The van der Waals surface area contributed by atoms with E-state index < -0.39 is 0 Å². The molecule has 1 amide bonds. The quantitative estimate of drug-likeness (QED) is 0.651. The average Bonchev–Trinajstić information content (AvgIpc) is 2.22. The van der Waals surface area contributed by atoms with Gasteiger partial charge in [0.1, 0.15) is 5.75 Å². The van der Waals surface area contributed by atoms with Gasteiger partial charge in [0.05, 0.1) is 17.5 Å². The lowest BCUT2D eigenvalue weighted by molar-refractivity contribution is -0.117. The minimum Gasteiger partial charge on any atom is -0.489 e. The second-order valence-corrected chi connectivity index (χ2v) is 4.03. The van der Waals surface area contributed by atoms with Crippen molar-refractivity contribution in [1.29, 1.82) is 0 Å². The van der Waals surface area contributed by atoms with Crippen LogP contribution in [0.5, 0.6) is 5.75 Å². The number of nitrogens with two attached hydrogens (primary N) is 2. The highest BCUT2D eigenvalue weighted by atomic mass is 16.5. The molecule has 0 heterocycles. The van der Waals surface area contributed by atoms with Gasteiger partial charge in [0.15, 0.2) is 0 Å². The van der Waals surface area contributed by atoms with Crippen molar-refractivity contribution in [3.8, 4) is 5.75 Å². The third-order valence-electron chi connectivity index (χ3n) is 2.12. The van der Waals surface area contributed by atoms with E-state index in [1.54, 1.807) is 0 Å². The summed E-state index contributed by atoms with van der Waals surface area (Å²) >= 11 is 0. The van der Waals surface area contributed by atoms with Crippen LogP contribution in [0.15, 0.2) is 18.2 Å². The Balaban J connectivity index is 2.69. The molecule has 0 atom stereocenters. The SMILES string of the molecule is CC(C)Oc1cccc(NCCC(N)=O)c1N. The molecule has 5 N–H and O–H groups in total. The van der Waals surface area contributed by atoms with Crippen LogP contribution in [0.1, 0.15) is 20.3 Å². The van der Waals surface area contributed by atoms with Crippen molar-refractivity contribution in [2.45, 2.75) is 26.4 Å². The fourth-order valence-electron chi connectivity index (χ4n) is 1.38. The van der Waals surface area contributed by atoms with Crippen LogP contribution < -0.4 is 21.5 Å². The zero-order chi connectivity index (χ0) is 12.8. The number of carbonyl (C=O) groups excluding carboxylic acids is 1. The third kappa shape index (κ3) is 4.22. The second-order valence-electron chi connectivity index (χ2n) is 4.03. The molecular weight excluding hydrogens is 218 g/mol. The number of nitrogen functional groups attached to an aromatic ring is 1. The van der Waals surface area contributed by atoms with Gasteiger partial charge in [-0.2, -0.15) is 0 Å². The molecule has 1 aromatic rings. The number of hydrogen-bond acceptors (Lipinski definition) is 4. The molecule has 5 heteroatoms. The van der Waals surface area contributed by atoms with Crippen molar-refractivity contribution in [2.75, 3.05) is 17.6 Å². The summed E-state index contributed by atoms with van der Waals surface area (Å²) in [6.07, 6.45) is 0.340. The maximum atomic E-state index is 10.6. The first-order valence-corrected chi connectivity index (χ1v) is 5.58. The highest BCUT2D eigenvalue weighted by Crippen LogP contribution is 2.29. The molecule has 1 rings (SSSR count). The molecule has 0 fully saturated rings. The van der Waals surface area contributed by atoms with Gasteiger partial charge < -0.3 is 21.5 Å². The highest BCUT2D eigenvalue weighted by molar-refractivity contribution is 5.76. The normalized spacial score (nSPS) is 10.3. The van der Waals surface area contributed by atoms with Gasteiger partial charge in [-0.1, -0.05) is 6.07 Å². The van der Waals surface area contributed by atoms with Crippen LogP contribution in [-0.4, -0.2) is 18.6 Å². The first-order chi connectivity index (χ1) is 8.00. The first kappa shape index (κ1) is 13.2. The van der Waals surface area contributed by atoms with Gasteiger partial charge in [-0.05, 0) is 26.0 Å². The van der Waals surface area contributed by atoms with Gasteiger partial charge in [0, 0.05) is 13.0 Å². The molecule has 0 bridgehead atoms. The Morgan fingerprint density at radius 2 is 2.18 bits per heavy atom. The van der Waals surface area contributed by atoms with E-state index in [0.29, 0.717) is 18.0 Å². The summed E-state index contributed by atoms with van der Waals surface area (Å²) in [5.74, 6) is 0.301. The van der Waals surface area contributed by atoms with E-state index in [4.69, 9.17) is 16.2 Å². The Kier molecular flexibility index (Phi) is 4.63. The van der Waals surface area contributed by atoms with Crippen LogP contribution in [0, 0.1) is 0 Å². The van der Waals surface area contributed by atoms with E-state index in [-0.39, 0.29) is 18.4 Å². The molecule has 5 nitrogen and oxygen atoms in total. The number of carbonyl (C=O) groups is 1. The molecule has 17 heavy (non-hydrogen) atoms. The molecule has 0 saturated heterocycles. The predicted octanol–water partition coefficient (Wildman–Crippen LogP) is 1.34. The summed E-state index contributed by atoms with van der Waals surface area (Å²) in [4.78, 5) is 10.6. The van der Waals surface area contributed by atoms with Crippen LogP contribution in [0.2, 0.25) is 0 Å². The molecule has 1 aromatic carbocycles. The first-order valence-electron chi connectivity index (χ1n) is 5.58. The molecule has 0 spiro atoms. The number of nitrogens with one attached hydrogen (secondary N) is 1. The van der Waals surface area contributed by atoms with Crippen molar-refractivity contribution in [3.05, 3.63) is 18.2 Å². The van der Waals surface area contributed by atoms with Gasteiger partial charge in [-0.3, -0.25) is 4.79 Å². The summed E-state index contributed by atoms with van der Waals surface area (Å²) in [5, 5.41) is 3.05. The van der Waals surface area contributed by atoms with Gasteiger partial charge in [-0.25, -0.2) is 0 Å². The summed E-state index contributed by atoms with van der Waals surface area (Å²) in [6.45, 7) is 4.34. The third-order valence-corrected chi connectivity index (χ3v) is 2.12. The van der Waals surface area contributed by atoms with Gasteiger partial charge in [0.25, 0.3) is 0 Å². The molecule has 0 aliphatic rings. The summed E-state index contributed by atoms with van der Waals surface area (Å²) in [5.41, 5.74) is 12.3. The standard InChI is InChI=1S/C12H19N3O2/c1-8(2)17-10-5-3-4-9(12(10)14)15-7-6-11(13)16/h3-5,8,15H,6-7,14H2,1-2H3,(H2,13,16). The number of amides is 1. The molecule has 0 aromatic heterocycles. The van der Waals surface area contributed by atoms with E-state index in [1.807, 2.05) is 32.0 Å². The van der Waals surface area contributed by atoms with E-state index >= 15 is 0 Å². The summed E-state index contributed by atoms with van der Waals surface area (Å²) < 4.78 is 5.56. The number of ether oxygens (including phenoxy) is 1. The Morgan fingerprint density at radius 3 is 2.76 bits per heavy atom. The fourth-order valence-corrected chi connectivity index (χ4v) is 1.38. The molecule has 0 aliphatic heterocycles. The second kappa shape index (κ2) is 5.98. The Bertz CT molecular complexity index is 391. The van der Waals surface area contributed by atoms with E-state index in [2.05, 4.69) is 5.32 Å². The lowest BCUT2D eigenvalue weighted by Crippen LogP contribution is -2.16. The highest BCUT2D eigenvalue weighted by Gasteiger charge is 2.07. The molecule has 94 valence electrons. The van der Waals surface area contributed by atoms with E-state index in [9.17, 15) is 4.79 Å². The largest absolute Gasteiger partial charge is 0.489 e. The maximum absolute atomic E-state index is 10.6. The number of benzene rings is 1. The Labute approximate surface area is 101 Å². The smallest absolute Gasteiger partial charge is 0.219 e. The number of rotatable bonds is 6. The predicted molar refractivity (Wildman–Crippen MR) is 68.9 cm³/mol. The Morgan fingerprint density at radius 1 is 1.47 bits per heavy atom. The average molecular weight is 237 g/mol. The van der Waals surface area contributed by atoms with E-state index in [1.165, 1.54) is 0 Å². The molecule has 0 radical (unpaired) electrons. The maximum Gasteiger partial charge on any atom is 0.219 e. The fraction of sp³-hybridized carbons (Fsp3) is 0.417. The van der Waals surface area contributed by atoms with Crippen molar-refractivity contribution in [2.24, 2.45) is 5.73 Å². The van der Waals surface area contributed by atoms with Gasteiger partial charge in [-0.15, -0.1) is 0 Å². The van der Waals surface area contributed by atoms with Crippen LogP contribution in [0.25, 0.3) is 0 Å². The topological polar surface area (TPSA) is 90.4 Å². The van der Waals surface area contributed by atoms with Crippen molar-refractivity contribution in [1.82, 2.24) is 0 Å². The lowest BCUT2D eigenvalue weighted by Gasteiger charge is -2.15. The van der Waals surface area contributed by atoms with Crippen molar-refractivity contribution < 1.29 is 9.53 Å². The van der Waals surface area contributed by atoms with E-state index in [0.717, 1.165) is 5.69 Å². The van der Waals surface area contributed by atoms with Gasteiger partial charge >= 0.3 is 0 Å². The zero-order valence-electron chi connectivity index (χ0n) is 10.2. The number of anilines is 2. The monoisotopic (exact) mass is 237 g/mol. The minimum absolute atomic E-state index is 0.0677. The summed E-state index contributed by atoms with van der Waals surface area (Å²) in [7, 11) is 0. The van der Waals surface area contributed by atoms with Gasteiger partial charge in [0.2, 0.25) is 5.91 Å². The van der Waals surface area contributed by atoms with Crippen molar-refractivity contribution in [3.63, 3.8) is 0 Å². The Hall–Kier alpha value is -1.91. The number of para-hydroxylation sites is 1. The molecule has 0 unspecified atom stereocenters. The molecular formula is C12H19N3O2. The van der Waals surface area contributed by atoms with Crippen molar-refractivity contribution >= 4 is 17.3 Å². The molecule has 0 saturated carbocycles. The van der Waals surface area contributed by atoms with Crippen LogP contribution in [0.3, 0.4) is 0 Å². The number of hydrogen-bond donors (Lipinski definition) is 3. The van der Waals surface area contributed by atoms with Crippen LogP contribution >= 0.6 is 0 Å². The van der Waals surface area contributed by atoms with Crippen LogP contribution in [-0.2, 0) is 4.79 Å².